The predicted molar refractivity (Wildman–Crippen MR) is 105 cm³/mol. The molecule has 0 unspecified atom stereocenters. The number of amides is 2. The van der Waals surface area contributed by atoms with Gasteiger partial charge in [-0.25, -0.2) is 4.79 Å². The third-order valence-electron chi connectivity index (χ3n) is 4.43. The standard InChI is InChI=1S/C19H19ClN2O3S/c1-12-2-4-14(11-15(12)20)21-19(23)22-6-9-26-18(22)13-3-5-16-17(10-13)25-8-7-24-16/h2-5,10-11,18H,6-9H2,1H3,(H,21,23)/t18-/m0/s1. The lowest BCUT2D eigenvalue weighted by molar-refractivity contribution is 0.171. The number of fused-ring (bicyclic) bond motifs is 1. The van der Waals surface area contributed by atoms with E-state index in [4.69, 9.17) is 21.1 Å². The van der Waals surface area contributed by atoms with E-state index in [1.807, 2.05) is 42.2 Å². The number of aryl methyl sites for hydroxylation is 1. The van der Waals surface area contributed by atoms with Gasteiger partial charge < -0.3 is 19.7 Å². The van der Waals surface area contributed by atoms with Crippen LogP contribution in [0.1, 0.15) is 16.5 Å². The number of urea groups is 1. The molecule has 26 heavy (non-hydrogen) atoms. The van der Waals surface area contributed by atoms with E-state index in [-0.39, 0.29) is 11.4 Å². The largest absolute Gasteiger partial charge is 0.486 e. The van der Waals surface area contributed by atoms with Crippen LogP contribution in [0.15, 0.2) is 36.4 Å². The van der Waals surface area contributed by atoms with Crippen molar-refractivity contribution >= 4 is 35.1 Å². The first-order chi connectivity index (χ1) is 12.6. The molecule has 1 saturated heterocycles. The van der Waals surface area contributed by atoms with Crippen LogP contribution in [0.3, 0.4) is 0 Å². The highest BCUT2D eigenvalue weighted by Gasteiger charge is 2.31. The summed E-state index contributed by atoms with van der Waals surface area (Å²) in [6.07, 6.45) is 0. The van der Waals surface area contributed by atoms with Crippen LogP contribution in [0, 0.1) is 6.92 Å². The highest BCUT2D eigenvalue weighted by atomic mass is 35.5. The normalized spacial score (nSPS) is 18.7. The van der Waals surface area contributed by atoms with Crippen molar-refractivity contribution in [2.24, 2.45) is 0 Å². The molecule has 2 aromatic carbocycles. The minimum atomic E-state index is -0.130. The van der Waals surface area contributed by atoms with Crippen molar-refractivity contribution in [3.05, 3.63) is 52.5 Å². The maximum Gasteiger partial charge on any atom is 0.323 e. The molecule has 1 atom stereocenters. The minimum absolute atomic E-state index is 0.0493. The number of carbonyl (C=O) groups is 1. The number of hydrogen-bond donors (Lipinski definition) is 1. The zero-order chi connectivity index (χ0) is 18.1. The van der Waals surface area contributed by atoms with Crippen molar-refractivity contribution < 1.29 is 14.3 Å². The third kappa shape index (κ3) is 3.44. The van der Waals surface area contributed by atoms with Gasteiger partial charge in [-0.2, -0.15) is 0 Å². The highest BCUT2D eigenvalue weighted by Crippen LogP contribution is 2.42. The van der Waals surface area contributed by atoms with E-state index >= 15 is 0 Å². The number of benzene rings is 2. The molecule has 1 fully saturated rings. The second kappa shape index (κ2) is 7.29. The molecule has 0 saturated carbocycles. The Labute approximate surface area is 161 Å². The number of nitrogens with one attached hydrogen (secondary N) is 1. The smallest absolute Gasteiger partial charge is 0.323 e. The van der Waals surface area contributed by atoms with Crippen LogP contribution in [0.5, 0.6) is 11.5 Å². The van der Waals surface area contributed by atoms with Crippen molar-refractivity contribution in [1.29, 1.82) is 0 Å². The van der Waals surface area contributed by atoms with Gasteiger partial charge in [0.2, 0.25) is 0 Å². The number of thioether (sulfide) groups is 1. The van der Waals surface area contributed by atoms with Crippen molar-refractivity contribution in [3.8, 4) is 11.5 Å². The van der Waals surface area contributed by atoms with Gasteiger partial charge in [0.05, 0.1) is 0 Å². The Bertz CT molecular complexity index is 846. The molecule has 2 amide bonds. The molecule has 0 aliphatic carbocycles. The first kappa shape index (κ1) is 17.4. The van der Waals surface area contributed by atoms with Crippen molar-refractivity contribution in [2.75, 3.05) is 30.8 Å². The van der Waals surface area contributed by atoms with Crippen LogP contribution >= 0.6 is 23.4 Å². The first-order valence-electron chi connectivity index (χ1n) is 8.47. The van der Waals surface area contributed by atoms with Crippen molar-refractivity contribution in [2.45, 2.75) is 12.3 Å². The van der Waals surface area contributed by atoms with Crippen LogP contribution < -0.4 is 14.8 Å². The summed E-state index contributed by atoms with van der Waals surface area (Å²) in [6.45, 7) is 3.74. The summed E-state index contributed by atoms with van der Waals surface area (Å²) >= 11 is 7.90. The molecule has 0 spiro atoms. The number of nitrogens with zero attached hydrogens (tertiary/aromatic N) is 1. The molecule has 4 rings (SSSR count). The summed E-state index contributed by atoms with van der Waals surface area (Å²) in [5.41, 5.74) is 2.72. The average molecular weight is 391 g/mol. The fraction of sp³-hybridized carbons (Fsp3) is 0.316. The Balaban J connectivity index is 1.52. The number of carbonyl (C=O) groups excluding carboxylic acids is 1. The summed E-state index contributed by atoms with van der Waals surface area (Å²) < 4.78 is 11.2. The minimum Gasteiger partial charge on any atom is -0.486 e. The first-order valence-corrected chi connectivity index (χ1v) is 9.89. The van der Waals surface area contributed by atoms with Gasteiger partial charge in [-0.15, -0.1) is 11.8 Å². The lowest BCUT2D eigenvalue weighted by Crippen LogP contribution is -2.34. The molecule has 1 N–H and O–H groups in total. The zero-order valence-electron chi connectivity index (χ0n) is 14.3. The molecular weight excluding hydrogens is 372 g/mol. The van der Waals surface area contributed by atoms with E-state index in [0.717, 1.165) is 28.4 Å². The van der Waals surface area contributed by atoms with E-state index in [1.54, 1.807) is 17.8 Å². The number of anilines is 1. The molecule has 2 aliphatic heterocycles. The fourth-order valence-corrected chi connectivity index (χ4v) is 4.46. The SMILES string of the molecule is Cc1ccc(NC(=O)N2CCS[C@H]2c2ccc3c(c2)OCCO3)cc1Cl. The molecule has 0 bridgehead atoms. The van der Waals surface area contributed by atoms with Crippen LogP contribution in [0.25, 0.3) is 0 Å². The molecule has 2 aliphatic rings. The summed E-state index contributed by atoms with van der Waals surface area (Å²) in [5, 5.41) is 3.54. The number of hydrogen-bond acceptors (Lipinski definition) is 4. The van der Waals surface area contributed by atoms with E-state index in [2.05, 4.69) is 5.32 Å². The molecular formula is C19H19ClN2O3S. The third-order valence-corrected chi connectivity index (χ3v) is 6.09. The van der Waals surface area contributed by atoms with Crippen LogP contribution in [0.2, 0.25) is 5.02 Å². The second-order valence-corrected chi connectivity index (χ2v) is 7.81. The zero-order valence-corrected chi connectivity index (χ0v) is 15.9. The van der Waals surface area contributed by atoms with E-state index in [0.29, 0.717) is 30.5 Å². The predicted octanol–water partition coefficient (Wildman–Crippen LogP) is 4.70. The van der Waals surface area contributed by atoms with Gasteiger partial charge in [0.25, 0.3) is 0 Å². The molecule has 0 aromatic heterocycles. The summed E-state index contributed by atoms with van der Waals surface area (Å²) in [5.74, 6) is 2.39. The van der Waals surface area contributed by atoms with Gasteiger partial charge in [0.1, 0.15) is 18.6 Å². The van der Waals surface area contributed by atoms with Crippen molar-refractivity contribution in [1.82, 2.24) is 4.90 Å². The summed E-state index contributed by atoms with van der Waals surface area (Å²) in [4.78, 5) is 14.6. The number of ether oxygens (including phenoxy) is 2. The van der Waals surface area contributed by atoms with Gasteiger partial charge in [-0.05, 0) is 42.3 Å². The second-order valence-electron chi connectivity index (χ2n) is 6.21. The molecule has 2 heterocycles. The molecule has 7 heteroatoms. The Hall–Kier alpha value is -2.05. The Morgan fingerprint density at radius 2 is 2.00 bits per heavy atom. The quantitative estimate of drug-likeness (QED) is 0.807. The van der Waals surface area contributed by atoms with Crippen LogP contribution in [-0.2, 0) is 0 Å². The van der Waals surface area contributed by atoms with Gasteiger partial charge in [0.15, 0.2) is 11.5 Å². The molecule has 136 valence electrons. The maximum absolute atomic E-state index is 12.8. The number of halogens is 1. The Morgan fingerprint density at radius 3 is 2.81 bits per heavy atom. The Morgan fingerprint density at radius 1 is 1.19 bits per heavy atom. The van der Waals surface area contributed by atoms with Gasteiger partial charge in [-0.3, -0.25) is 0 Å². The number of rotatable bonds is 2. The fourth-order valence-electron chi connectivity index (χ4n) is 3.03. The van der Waals surface area contributed by atoms with Gasteiger partial charge in [0, 0.05) is 23.0 Å². The van der Waals surface area contributed by atoms with E-state index in [1.165, 1.54) is 0 Å². The monoisotopic (exact) mass is 390 g/mol. The summed E-state index contributed by atoms with van der Waals surface area (Å²) in [6, 6.07) is 11.3. The highest BCUT2D eigenvalue weighted by molar-refractivity contribution is 7.99. The topological polar surface area (TPSA) is 50.8 Å². The van der Waals surface area contributed by atoms with Crippen LogP contribution in [0.4, 0.5) is 10.5 Å². The maximum atomic E-state index is 12.8. The van der Waals surface area contributed by atoms with E-state index in [9.17, 15) is 4.79 Å². The van der Waals surface area contributed by atoms with E-state index < -0.39 is 0 Å². The van der Waals surface area contributed by atoms with Gasteiger partial charge >= 0.3 is 6.03 Å². The molecule has 2 aromatic rings. The van der Waals surface area contributed by atoms with Crippen LogP contribution in [-0.4, -0.2) is 36.4 Å². The molecule has 5 nitrogen and oxygen atoms in total. The summed E-state index contributed by atoms with van der Waals surface area (Å²) in [7, 11) is 0. The average Bonchev–Trinajstić information content (AvgIpc) is 3.14. The lowest BCUT2D eigenvalue weighted by Gasteiger charge is -2.26. The Kier molecular flexibility index (Phi) is 4.87. The molecule has 0 radical (unpaired) electrons. The van der Waals surface area contributed by atoms with Gasteiger partial charge in [-0.1, -0.05) is 23.7 Å². The lowest BCUT2D eigenvalue weighted by atomic mass is 10.1. The van der Waals surface area contributed by atoms with Crippen molar-refractivity contribution in [3.63, 3.8) is 0 Å².